The smallest absolute Gasteiger partial charge is 0.291 e. The lowest BCUT2D eigenvalue weighted by molar-refractivity contribution is -0.143. The van der Waals surface area contributed by atoms with E-state index in [1.165, 1.54) is 11.8 Å². The van der Waals surface area contributed by atoms with E-state index < -0.39 is 47.7 Å². The highest BCUT2D eigenvalue weighted by atomic mass is 16.2. The maximum atomic E-state index is 13.3. The third-order valence-corrected chi connectivity index (χ3v) is 6.87. The molecule has 3 rings (SSSR count). The molecule has 4 N–H and O–H groups in total. The number of carbonyl (C=O) groups is 5. The SMILES string of the molecule is CC(NC(=O)[C@H](Cc1ccccc1)NC(=O)c1ccccc1)C(=O)NC(C(=O)C(=O)NCCN1CCCC1)N(C)C. The van der Waals surface area contributed by atoms with Crippen molar-refractivity contribution in [2.75, 3.05) is 40.3 Å². The topological polar surface area (TPSA) is 140 Å². The number of benzene rings is 2. The Morgan fingerprint density at radius 3 is 2.05 bits per heavy atom. The van der Waals surface area contributed by atoms with Crippen molar-refractivity contribution in [3.63, 3.8) is 0 Å². The van der Waals surface area contributed by atoms with E-state index in [9.17, 15) is 24.0 Å². The second-order valence-corrected chi connectivity index (χ2v) is 10.4. The van der Waals surface area contributed by atoms with Gasteiger partial charge in [0.25, 0.3) is 17.6 Å². The number of carbonyl (C=O) groups excluding carboxylic acids is 5. The van der Waals surface area contributed by atoms with E-state index in [0.717, 1.165) is 31.5 Å². The van der Waals surface area contributed by atoms with Crippen LogP contribution in [0.5, 0.6) is 0 Å². The summed E-state index contributed by atoms with van der Waals surface area (Å²) in [7, 11) is 3.14. The molecule has 1 heterocycles. The minimum absolute atomic E-state index is 0.204. The number of amides is 4. The van der Waals surface area contributed by atoms with Crippen molar-refractivity contribution >= 4 is 29.4 Å². The van der Waals surface area contributed by atoms with Gasteiger partial charge in [0.15, 0.2) is 6.17 Å². The number of hydrogen-bond donors (Lipinski definition) is 4. The summed E-state index contributed by atoms with van der Waals surface area (Å²) in [6.45, 7) is 4.42. The van der Waals surface area contributed by atoms with Crippen LogP contribution in [0.1, 0.15) is 35.7 Å². The zero-order valence-electron chi connectivity index (χ0n) is 23.9. The third-order valence-electron chi connectivity index (χ3n) is 6.87. The molecule has 0 aliphatic carbocycles. The summed E-state index contributed by atoms with van der Waals surface area (Å²) >= 11 is 0. The van der Waals surface area contributed by atoms with Crippen molar-refractivity contribution in [3.05, 3.63) is 71.8 Å². The lowest BCUT2D eigenvalue weighted by Crippen LogP contribution is -2.59. The number of nitrogens with zero attached hydrogens (tertiary/aromatic N) is 2. The van der Waals surface area contributed by atoms with Gasteiger partial charge in [0.1, 0.15) is 12.1 Å². The third kappa shape index (κ3) is 9.80. The molecule has 2 aromatic rings. The summed E-state index contributed by atoms with van der Waals surface area (Å²) in [5.74, 6) is -3.23. The van der Waals surface area contributed by atoms with Crippen molar-refractivity contribution in [1.29, 1.82) is 0 Å². The highest BCUT2D eigenvalue weighted by molar-refractivity contribution is 6.38. The van der Waals surface area contributed by atoms with Crippen LogP contribution in [-0.2, 0) is 25.6 Å². The summed E-state index contributed by atoms with van der Waals surface area (Å²) < 4.78 is 0. The van der Waals surface area contributed by atoms with E-state index in [4.69, 9.17) is 0 Å². The van der Waals surface area contributed by atoms with Crippen LogP contribution < -0.4 is 21.3 Å². The molecule has 0 spiro atoms. The number of ketones is 1. The maximum absolute atomic E-state index is 13.3. The molecular weight excluding hydrogens is 524 g/mol. The molecular formula is C30H40N6O5. The first-order chi connectivity index (χ1) is 19.7. The standard InChI is InChI=1S/C30H40N6O5/c1-21(27(38)34-26(35(2)3)25(37)30(41)31-16-19-36-17-10-11-18-36)32-29(40)24(20-22-12-6-4-7-13-22)33-28(39)23-14-8-5-9-15-23/h4-9,12-15,21,24,26H,10-11,16-20H2,1-3H3,(H,31,41)(H,32,40)(H,33,39)(H,34,38)/t21?,24-,26?/m0/s1. The van der Waals surface area contributed by atoms with Crippen molar-refractivity contribution in [2.45, 2.75) is 44.4 Å². The fourth-order valence-electron chi connectivity index (χ4n) is 4.50. The molecule has 2 unspecified atom stereocenters. The summed E-state index contributed by atoms with van der Waals surface area (Å²) in [6.07, 6.45) is 1.24. The molecule has 2 aromatic carbocycles. The van der Waals surface area contributed by atoms with Gasteiger partial charge in [-0.3, -0.25) is 28.9 Å². The second-order valence-electron chi connectivity index (χ2n) is 10.4. The average molecular weight is 565 g/mol. The Balaban J connectivity index is 1.60. The van der Waals surface area contributed by atoms with Crippen LogP contribution in [-0.4, -0.2) is 97.7 Å². The van der Waals surface area contributed by atoms with Crippen LogP contribution in [0.25, 0.3) is 0 Å². The van der Waals surface area contributed by atoms with Crippen molar-refractivity contribution in [2.24, 2.45) is 0 Å². The highest BCUT2D eigenvalue weighted by Crippen LogP contribution is 2.07. The van der Waals surface area contributed by atoms with Gasteiger partial charge in [0, 0.05) is 25.1 Å². The molecule has 0 saturated carbocycles. The number of Topliss-reactive ketones (excluding diaryl/α,β-unsaturated/α-hetero) is 1. The van der Waals surface area contributed by atoms with Gasteiger partial charge in [-0.1, -0.05) is 48.5 Å². The predicted molar refractivity (Wildman–Crippen MR) is 155 cm³/mol. The molecule has 41 heavy (non-hydrogen) atoms. The largest absolute Gasteiger partial charge is 0.348 e. The first-order valence-electron chi connectivity index (χ1n) is 13.9. The molecule has 0 radical (unpaired) electrons. The number of hydrogen-bond acceptors (Lipinski definition) is 7. The summed E-state index contributed by atoms with van der Waals surface area (Å²) in [5.41, 5.74) is 1.22. The van der Waals surface area contributed by atoms with Gasteiger partial charge in [-0.15, -0.1) is 0 Å². The van der Waals surface area contributed by atoms with Crippen LogP contribution in [0.2, 0.25) is 0 Å². The predicted octanol–water partition coefficient (Wildman–Crippen LogP) is 0.317. The second kappa shape index (κ2) is 15.6. The summed E-state index contributed by atoms with van der Waals surface area (Å²) in [6, 6.07) is 15.7. The lowest BCUT2D eigenvalue weighted by atomic mass is 10.0. The van der Waals surface area contributed by atoms with Crippen LogP contribution in [0.3, 0.4) is 0 Å². The van der Waals surface area contributed by atoms with Gasteiger partial charge >= 0.3 is 0 Å². The van der Waals surface area contributed by atoms with E-state index in [2.05, 4.69) is 26.2 Å². The normalized spacial score (nSPS) is 15.4. The molecule has 220 valence electrons. The molecule has 1 fully saturated rings. The molecule has 11 nitrogen and oxygen atoms in total. The Hall–Kier alpha value is -4.09. The Kier molecular flexibility index (Phi) is 12.0. The molecule has 3 atom stereocenters. The lowest BCUT2D eigenvalue weighted by Gasteiger charge is -2.26. The molecule has 1 aliphatic heterocycles. The number of nitrogens with one attached hydrogen (secondary N) is 4. The van der Waals surface area contributed by atoms with E-state index in [1.54, 1.807) is 44.4 Å². The van der Waals surface area contributed by atoms with Crippen molar-refractivity contribution in [1.82, 2.24) is 31.1 Å². The molecule has 1 saturated heterocycles. The van der Waals surface area contributed by atoms with Gasteiger partial charge in [0.05, 0.1) is 0 Å². The van der Waals surface area contributed by atoms with E-state index in [0.29, 0.717) is 18.7 Å². The molecule has 4 amide bonds. The fraction of sp³-hybridized carbons (Fsp3) is 0.433. The molecule has 11 heteroatoms. The van der Waals surface area contributed by atoms with Gasteiger partial charge in [-0.05, 0) is 64.6 Å². The van der Waals surface area contributed by atoms with Crippen LogP contribution in [0, 0.1) is 0 Å². The van der Waals surface area contributed by atoms with E-state index >= 15 is 0 Å². The zero-order valence-corrected chi connectivity index (χ0v) is 23.9. The van der Waals surface area contributed by atoms with Crippen molar-refractivity contribution < 1.29 is 24.0 Å². The first-order valence-corrected chi connectivity index (χ1v) is 13.9. The van der Waals surface area contributed by atoms with Crippen LogP contribution in [0.4, 0.5) is 0 Å². The van der Waals surface area contributed by atoms with Gasteiger partial charge in [-0.2, -0.15) is 0 Å². The van der Waals surface area contributed by atoms with Crippen LogP contribution >= 0.6 is 0 Å². The van der Waals surface area contributed by atoms with Gasteiger partial charge < -0.3 is 26.2 Å². The number of likely N-dealkylation sites (tertiary alicyclic amines) is 1. The van der Waals surface area contributed by atoms with E-state index in [1.807, 2.05) is 30.3 Å². The summed E-state index contributed by atoms with van der Waals surface area (Å²) in [5, 5.41) is 10.6. The quantitative estimate of drug-likeness (QED) is 0.191. The van der Waals surface area contributed by atoms with Gasteiger partial charge in [-0.25, -0.2) is 0 Å². The minimum Gasteiger partial charge on any atom is -0.348 e. The Morgan fingerprint density at radius 2 is 1.44 bits per heavy atom. The Labute approximate surface area is 241 Å². The summed E-state index contributed by atoms with van der Waals surface area (Å²) in [4.78, 5) is 68.1. The van der Waals surface area contributed by atoms with Gasteiger partial charge in [0.2, 0.25) is 11.8 Å². The number of likely N-dealkylation sites (N-methyl/N-ethyl adjacent to an activating group) is 1. The maximum Gasteiger partial charge on any atom is 0.291 e. The average Bonchev–Trinajstić information content (AvgIpc) is 3.49. The zero-order chi connectivity index (χ0) is 29.8. The first kappa shape index (κ1) is 31.4. The minimum atomic E-state index is -1.22. The molecule has 0 aromatic heterocycles. The highest BCUT2D eigenvalue weighted by Gasteiger charge is 2.31. The Bertz CT molecular complexity index is 1180. The van der Waals surface area contributed by atoms with Crippen LogP contribution in [0.15, 0.2) is 60.7 Å². The van der Waals surface area contributed by atoms with E-state index in [-0.39, 0.29) is 6.42 Å². The molecule has 1 aliphatic rings. The number of rotatable bonds is 14. The molecule has 0 bridgehead atoms. The monoisotopic (exact) mass is 564 g/mol. The Morgan fingerprint density at radius 1 is 0.829 bits per heavy atom. The fourth-order valence-corrected chi connectivity index (χ4v) is 4.50. The van der Waals surface area contributed by atoms with Crippen molar-refractivity contribution in [3.8, 4) is 0 Å².